The zero-order valence-electron chi connectivity index (χ0n) is 16.6. The molecule has 0 fully saturated rings. The predicted octanol–water partition coefficient (Wildman–Crippen LogP) is 2.04. The maximum absolute atomic E-state index is 13.0. The highest BCUT2D eigenvalue weighted by Crippen LogP contribution is 2.19. The van der Waals surface area contributed by atoms with Crippen LogP contribution in [0.3, 0.4) is 0 Å². The molecule has 0 saturated heterocycles. The minimum absolute atomic E-state index is 0.0562. The fourth-order valence-corrected chi connectivity index (χ4v) is 2.82. The van der Waals surface area contributed by atoms with Gasteiger partial charge >= 0.3 is 5.97 Å². The van der Waals surface area contributed by atoms with Crippen molar-refractivity contribution in [1.29, 1.82) is 0 Å². The summed E-state index contributed by atoms with van der Waals surface area (Å²) in [5, 5.41) is 11.0. The van der Waals surface area contributed by atoms with Crippen molar-refractivity contribution in [2.45, 2.75) is 32.9 Å². The molecule has 1 aromatic carbocycles. The third-order valence-electron chi connectivity index (χ3n) is 4.31. The third-order valence-corrected chi connectivity index (χ3v) is 4.31. The SMILES string of the molecule is CCOC(=O)CCC(=O)NCCn1ncc2c(NCc3ccc(F)cc3)ncnc21. The number of benzene rings is 1. The molecule has 10 heteroatoms. The Kier molecular flexibility index (Phi) is 7.25. The number of hydrogen-bond donors (Lipinski definition) is 2. The number of rotatable bonds is 10. The number of fused-ring (bicyclic) bond motifs is 1. The molecule has 0 aliphatic carbocycles. The first-order valence-electron chi connectivity index (χ1n) is 9.64. The number of aromatic nitrogens is 4. The first kappa shape index (κ1) is 21.2. The average Bonchev–Trinajstić information content (AvgIpc) is 3.16. The van der Waals surface area contributed by atoms with Crippen molar-refractivity contribution in [2.75, 3.05) is 18.5 Å². The van der Waals surface area contributed by atoms with Gasteiger partial charge in [-0.2, -0.15) is 5.10 Å². The zero-order chi connectivity index (χ0) is 21.3. The summed E-state index contributed by atoms with van der Waals surface area (Å²) in [6.07, 6.45) is 3.23. The Balaban J connectivity index is 1.53. The quantitative estimate of drug-likeness (QED) is 0.488. The van der Waals surface area contributed by atoms with Crippen molar-refractivity contribution in [1.82, 2.24) is 25.1 Å². The molecule has 0 bridgehead atoms. The number of esters is 1. The molecule has 0 radical (unpaired) electrons. The van der Waals surface area contributed by atoms with Gasteiger partial charge in [0.2, 0.25) is 5.91 Å². The molecule has 0 saturated carbocycles. The molecular formula is C20H23FN6O3. The summed E-state index contributed by atoms with van der Waals surface area (Å²) < 4.78 is 19.5. The molecule has 2 N–H and O–H groups in total. The van der Waals surface area contributed by atoms with E-state index in [-0.39, 0.29) is 30.5 Å². The summed E-state index contributed by atoms with van der Waals surface area (Å²) in [5.74, 6) is -0.273. The molecule has 0 atom stereocenters. The summed E-state index contributed by atoms with van der Waals surface area (Å²) in [5.41, 5.74) is 1.55. The van der Waals surface area contributed by atoms with E-state index in [9.17, 15) is 14.0 Å². The van der Waals surface area contributed by atoms with E-state index in [1.807, 2.05) is 0 Å². The van der Waals surface area contributed by atoms with Gasteiger partial charge in [0, 0.05) is 19.5 Å². The lowest BCUT2D eigenvalue weighted by Gasteiger charge is -2.08. The van der Waals surface area contributed by atoms with E-state index >= 15 is 0 Å². The van der Waals surface area contributed by atoms with Crippen LogP contribution in [0.1, 0.15) is 25.3 Å². The minimum atomic E-state index is -0.386. The molecule has 2 heterocycles. The van der Waals surface area contributed by atoms with E-state index in [4.69, 9.17) is 4.74 Å². The van der Waals surface area contributed by atoms with E-state index in [1.165, 1.54) is 18.5 Å². The van der Waals surface area contributed by atoms with Gasteiger partial charge in [-0.25, -0.2) is 19.0 Å². The lowest BCUT2D eigenvalue weighted by Crippen LogP contribution is -2.28. The number of nitrogens with one attached hydrogen (secondary N) is 2. The molecule has 0 unspecified atom stereocenters. The van der Waals surface area contributed by atoms with Crippen LogP contribution in [0.5, 0.6) is 0 Å². The van der Waals surface area contributed by atoms with Gasteiger partial charge in [-0.05, 0) is 24.6 Å². The number of halogens is 1. The molecule has 1 amide bonds. The van der Waals surface area contributed by atoms with Gasteiger partial charge in [0.1, 0.15) is 18.0 Å². The largest absolute Gasteiger partial charge is 0.466 e. The van der Waals surface area contributed by atoms with Crippen LogP contribution < -0.4 is 10.6 Å². The average molecular weight is 414 g/mol. The van der Waals surface area contributed by atoms with E-state index in [0.717, 1.165) is 10.9 Å². The molecule has 0 aliphatic heterocycles. The van der Waals surface area contributed by atoms with Crippen molar-refractivity contribution in [3.63, 3.8) is 0 Å². The maximum Gasteiger partial charge on any atom is 0.306 e. The second kappa shape index (κ2) is 10.3. The Morgan fingerprint density at radius 2 is 1.97 bits per heavy atom. The number of hydrogen-bond acceptors (Lipinski definition) is 7. The second-order valence-electron chi connectivity index (χ2n) is 6.46. The molecule has 3 aromatic rings. The van der Waals surface area contributed by atoms with Crippen LogP contribution in [-0.4, -0.2) is 44.8 Å². The Labute approximate surface area is 172 Å². The van der Waals surface area contributed by atoms with Gasteiger partial charge in [0.25, 0.3) is 0 Å². The van der Waals surface area contributed by atoms with Gasteiger partial charge in [-0.1, -0.05) is 12.1 Å². The second-order valence-corrected chi connectivity index (χ2v) is 6.46. The summed E-state index contributed by atoms with van der Waals surface area (Å²) in [7, 11) is 0. The van der Waals surface area contributed by atoms with Gasteiger partial charge in [-0.15, -0.1) is 0 Å². The highest BCUT2D eigenvalue weighted by Gasteiger charge is 2.11. The van der Waals surface area contributed by atoms with Crippen molar-refractivity contribution >= 4 is 28.7 Å². The Hall–Kier alpha value is -3.56. The summed E-state index contributed by atoms with van der Waals surface area (Å²) >= 11 is 0. The molecule has 3 rings (SSSR count). The van der Waals surface area contributed by atoms with E-state index in [2.05, 4.69) is 25.7 Å². The van der Waals surface area contributed by atoms with Crippen LogP contribution in [0.2, 0.25) is 0 Å². The van der Waals surface area contributed by atoms with E-state index in [0.29, 0.717) is 37.7 Å². The fourth-order valence-electron chi connectivity index (χ4n) is 2.82. The molecule has 2 aromatic heterocycles. The number of carbonyl (C=O) groups is 2. The predicted molar refractivity (Wildman–Crippen MR) is 108 cm³/mol. The van der Waals surface area contributed by atoms with Crippen LogP contribution in [0.15, 0.2) is 36.8 Å². The van der Waals surface area contributed by atoms with Crippen molar-refractivity contribution in [3.05, 3.63) is 48.2 Å². The van der Waals surface area contributed by atoms with Gasteiger partial charge in [0.15, 0.2) is 5.65 Å². The number of anilines is 1. The summed E-state index contributed by atoms with van der Waals surface area (Å²) in [6.45, 7) is 3.27. The molecule has 0 spiro atoms. The van der Waals surface area contributed by atoms with E-state index < -0.39 is 0 Å². The van der Waals surface area contributed by atoms with Crippen LogP contribution in [0.4, 0.5) is 10.2 Å². The van der Waals surface area contributed by atoms with Gasteiger partial charge in [0.05, 0.1) is 31.2 Å². The maximum atomic E-state index is 13.0. The Morgan fingerprint density at radius 3 is 2.73 bits per heavy atom. The summed E-state index contributed by atoms with van der Waals surface area (Å²) in [4.78, 5) is 31.6. The monoisotopic (exact) mass is 414 g/mol. The fraction of sp³-hybridized carbons (Fsp3) is 0.350. The number of ether oxygens (including phenoxy) is 1. The highest BCUT2D eigenvalue weighted by atomic mass is 19.1. The van der Waals surface area contributed by atoms with Crippen LogP contribution in [-0.2, 0) is 27.4 Å². The molecule has 0 aliphatic rings. The number of amides is 1. The minimum Gasteiger partial charge on any atom is -0.466 e. The first-order valence-corrected chi connectivity index (χ1v) is 9.64. The number of carbonyl (C=O) groups excluding carboxylic acids is 2. The standard InChI is InChI=1S/C20H23FN6O3/c1-2-30-18(29)8-7-17(28)22-9-10-27-20-16(12-26-27)19(24-13-25-20)23-11-14-3-5-15(21)6-4-14/h3-6,12-13H,2,7-11H2,1H3,(H,22,28)(H,23,24,25). The lowest BCUT2D eigenvalue weighted by atomic mass is 10.2. The van der Waals surface area contributed by atoms with Crippen LogP contribution >= 0.6 is 0 Å². The van der Waals surface area contributed by atoms with E-state index in [1.54, 1.807) is 29.9 Å². The van der Waals surface area contributed by atoms with Gasteiger partial charge in [-0.3, -0.25) is 9.59 Å². The topological polar surface area (TPSA) is 111 Å². The first-order chi connectivity index (χ1) is 14.6. The normalized spacial score (nSPS) is 10.7. The van der Waals surface area contributed by atoms with Crippen molar-refractivity contribution in [3.8, 4) is 0 Å². The van der Waals surface area contributed by atoms with Crippen molar-refractivity contribution in [2.24, 2.45) is 0 Å². The summed E-state index contributed by atoms with van der Waals surface area (Å²) in [6, 6.07) is 6.22. The van der Waals surface area contributed by atoms with Crippen LogP contribution in [0.25, 0.3) is 11.0 Å². The lowest BCUT2D eigenvalue weighted by molar-refractivity contribution is -0.144. The number of nitrogens with zero attached hydrogens (tertiary/aromatic N) is 4. The third kappa shape index (κ3) is 5.72. The Bertz CT molecular complexity index is 1010. The molecule has 158 valence electrons. The smallest absolute Gasteiger partial charge is 0.306 e. The van der Waals surface area contributed by atoms with Crippen molar-refractivity contribution < 1.29 is 18.7 Å². The Morgan fingerprint density at radius 1 is 1.17 bits per heavy atom. The highest BCUT2D eigenvalue weighted by molar-refractivity contribution is 5.86. The van der Waals surface area contributed by atoms with Gasteiger partial charge < -0.3 is 15.4 Å². The zero-order valence-corrected chi connectivity index (χ0v) is 16.6. The molecule has 30 heavy (non-hydrogen) atoms. The molecular weight excluding hydrogens is 391 g/mol. The van der Waals surface area contributed by atoms with Crippen LogP contribution in [0, 0.1) is 5.82 Å². The molecule has 9 nitrogen and oxygen atoms in total.